The molecule has 0 aliphatic carbocycles. The van der Waals surface area contributed by atoms with Crippen LogP contribution in [0.25, 0.3) is 0 Å². The molecule has 1 aromatic rings. The average Bonchev–Trinajstić information content (AvgIpc) is 2.26. The highest BCUT2D eigenvalue weighted by Gasteiger charge is 1.93. The molecule has 0 unspecified atom stereocenters. The number of rotatable bonds is 7. The predicted octanol–water partition coefficient (Wildman–Crippen LogP) is 5.34. The maximum Gasteiger partial charge on any atom is 0.00401 e. The van der Waals surface area contributed by atoms with Crippen LogP contribution in [0.1, 0.15) is 51.0 Å². The van der Waals surface area contributed by atoms with E-state index in [-0.39, 0.29) is 14.1 Å². The van der Waals surface area contributed by atoms with Crippen LogP contribution in [0.3, 0.4) is 0 Å². The van der Waals surface area contributed by atoms with Gasteiger partial charge in [-0.25, -0.2) is 0 Å². The summed E-state index contributed by atoms with van der Waals surface area (Å²) >= 11 is 4.28. The second-order valence-electron chi connectivity index (χ2n) is 4.18. The van der Waals surface area contributed by atoms with E-state index in [9.17, 15) is 0 Å². The van der Waals surface area contributed by atoms with Crippen LogP contribution in [-0.4, -0.2) is 0 Å². The summed E-state index contributed by atoms with van der Waals surface area (Å²) in [4.78, 5) is 1.06. The molecule has 0 saturated carbocycles. The average molecular weight is 282 g/mol. The lowest BCUT2D eigenvalue weighted by atomic mass is 10.1. The zero-order valence-corrected chi connectivity index (χ0v) is 11.8. The van der Waals surface area contributed by atoms with E-state index in [0.29, 0.717) is 0 Å². The topological polar surface area (TPSA) is 0 Å². The number of unbranched alkanes of at least 4 members (excludes halogenated alkanes) is 5. The standard InChI is InChI=1S/C14H22S.3FH/c1-2-3-4-5-6-7-8-13-9-11-14(15)12-10-13;;;/h9-12,15H,2-8H2,1H3;3*1H. The number of benzene rings is 1. The van der Waals surface area contributed by atoms with E-state index >= 15 is 0 Å². The molecular formula is C14H25F3S. The fourth-order valence-corrected chi connectivity index (χ4v) is 1.92. The van der Waals surface area contributed by atoms with Gasteiger partial charge < -0.3 is 0 Å². The number of hydrogen-bond donors (Lipinski definition) is 1. The maximum absolute atomic E-state index is 4.28. The number of thiol groups is 1. The highest BCUT2D eigenvalue weighted by molar-refractivity contribution is 7.80. The first-order chi connectivity index (χ1) is 7.33. The molecule has 0 aliphatic heterocycles. The van der Waals surface area contributed by atoms with E-state index in [1.54, 1.807) is 0 Å². The third-order valence-corrected chi connectivity index (χ3v) is 3.05. The van der Waals surface area contributed by atoms with Crippen LogP contribution < -0.4 is 0 Å². The van der Waals surface area contributed by atoms with Crippen LogP contribution in [0.4, 0.5) is 14.1 Å². The van der Waals surface area contributed by atoms with Crippen molar-refractivity contribution in [3.8, 4) is 0 Å². The second-order valence-corrected chi connectivity index (χ2v) is 4.70. The molecule has 18 heavy (non-hydrogen) atoms. The van der Waals surface area contributed by atoms with E-state index in [1.165, 1.54) is 50.5 Å². The van der Waals surface area contributed by atoms with Crippen LogP contribution in [0.2, 0.25) is 0 Å². The molecule has 108 valence electrons. The van der Waals surface area contributed by atoms with E-state index < -0.39 is 0 Å². The van der Waals surface area contributed by atoms with Gasteiger partial charge in [-0.1, -0.05) is 51.2 Å². The maximum atomic E-state index is 4.28. The Balaban J connectivity index is -0.000000750. The molecule has 0 fully saturated rings. The van der Waals surface area contributed by atoms with Crippen molar-refractivity contribution in [3.05, 3.63) is 29.8 Å². The van der Waals surface area contributed by atoms with Gasteiger partial charge in [0.15, 0.2) is 0 Å². The number of hydrogen-bond acceptors (Lipinski definition) is 1. The molecule has 4 heteroatoms. The summed E-state index contributed by atoms with van der Waals surface area (Å²) in [5.74, 6) is 0. The monoisotopic (exact) mass is 282 g/mol. The van der Waals surface area contributed by atoms with Crippen LogP contribution in [-0.2, 0) is 6.42 Å². The smallest absolute Gasteiger partial charge is 0.00401 e. The molecule has 1 aromatic carbocycles. The Hall–Kier alpha value is -0.640. The Morgan fingerprint density at radius 2 is 1.28 bits per heavy atom. The Labute approximate surface area is 114 Å². The highest BCUT2D eigenvalue weighted by Crippen LogP contribution is 2.12. The number of aryl methyl sites for hydroxylation is 1. The van der Waals surface area contributed by atoms with Crippen molar-refractivity contribution in [2.24, 2.45) is 0 Å². The molecule has 0 amide bonds. The fourth-order valence-electron chi connectivity index (χ4n) is 1.77. The third kappa shape index (κ3) is 10.5. The molecule has 0 aliphatic rings. The van der Waals surface area contributed by atoms with E-state index in [1.807, 2.05) is 0 Å². The summed E-state index contributed by atoms with van der Waals surface area (Å²) in [5.41, 5.74) is 1.45. The normalized spacial score (nSPS) is 8.78. The lowest BCUT2D eigenvalue weighted by Gasteiger charge is -2.02. The summed E-state index contributed by atoms with van der Waals surface area (Å²) in [6.07, 6.45) is 9.47. The van der Waals surface area contributed by atoms with Crippen LogP contribution in [0.15, 0.2) is 29.2 Å². The van der Waals surface area contributed by atoms with E-state index in [4.69, 9.17) is 0 Å². The van der Waals surface area contributed by atoms with Gasteiger partial charge in [-0.3, -0.25) is 14.1 Å². The first kappa shape index (κ1) is 22.5. The summed E-state index contributed by atoms with van der Waals surface area (Å²) in [7, 11) is 0. The molecule has 0 saturated heterocycles. The van der Waals surface area contributed by atoms with Crippen molar-refractivity contribution >= 4 is 12.6 Å². The zero-order valence-electron chi connectivity index (χ0n) is 10.9. The van der Waals surface area contributed by atoms with Crippen LogP contribution >= 0.6 is 12.6 Å². The first-order valence-corrected chi connectivity index (χ1v) is 6.55. The minimum Gasteiger partial charge on any atom is -0.269 e. The van der Waals surface area contributed by atoms with Gasteiger partial charge in [-0.2, -0.15) is 0 Å². The first-order valence-electron chi connectivity index (χ1n) is 6.11. The lowest BCUT2D eigenvalue weighted by Crippen LogP contribution is -1.85. The van der Waals surface area contributed by atoms with Gasteiger partial charge in [0.1, 0.15) is 0 Å². The van der Waals surface area contributed by atoms with Gasteiger partial charge >= 0.3 is 0 Å². The largest absolute Gasteiger partial charge is 0.269 e. The lowest BCUT2D eigenvalue weighted by molar-refractivity contribution is 0.607. The predicted molar refractivity (Wildman–Crippen MR) is 78.3 cm³/mol. The van der Waals surface area contributed by atoms with Crippen molar-refractivity contribution in [2.75, 3.05) is 0 Å². The van der Waals surface area contributed by atoms with Gasteiger partial charge in [0, 0.05) is 4.90 Å². The molecule has 0 radical (unpaired) electrons. The minimum atomic E-state index is 0. The van der Waals surface area contributed by atoms with Gasteiger partial charge in [0.2, 0.25) is 0 Å². The quantitative estimate of drug-likeness (QED) is 0.507. The molecule has 0 heterocycles. The Morgan fingerprint density at radius 3 is 1.83 bits per heavy atom. The Morgan fingerprint density at radius 1 is 0.778 bits per heavy atom. The molecule has 0 aromatic heterocycles. The Kier molecular flexibility index (Phi) is 18.1. The van der Waals surface area contributed by atoms with Crippen molar-refractivity contribution < 1.29 is 14.1 Å². The van der Waals surface area contributed by atoms with Crippen molar-refractivity contribution in [1.82, 2.24) is 0 Å². The van der Waals surface area contributed by atoms with Crippen LogP contribution in [0, 0.1) is 0 Å². The minimum absolute atomic E-state index is 0. The molecule has 0 bridgehead atoms. The number of halogens is 3. The van der Waals surface area contributed by atoms with Crippen molar-refractivity contribution in [1.29, 1.82) is 0 Å². The summed E-state index contributed by atoms with van der Waals surface area (Å²) in [6, 6.07) is 8.54. The molecule has 0 atom stereocenters. The molecule has 0 nitrogen and oxygen atoms in total. The van der Waals surface area contributed by atoms with E-state index in [2.05, 4.69) is 43.8 Å². The molecule has 1 rings (SSSR count). The molecule has 0 N–H and O–H groups in total. The highest BCUT2D eigenvalue weighted by atomic mass is 32.1. The Bertz CT molecular complexity index is 262. The van der Waals surface area contributed by atoms with E-state index in [0.717, 1.165) is 4.90 Å². The zero-order chi connectivity index (χ0) is 10.9. The van der Waals surface area contributed by atoms with Crippen molar-refractivity contribution in [2.45, 2.75) is 56.8 Å². The van der Waals surface area contributed by atoms with Crippen LogP contribution in [0.5, 0.6) is 0 Å². The van der Waals surface area contributed by atoms with Crippen molar-refractivity contribution in [3.63, 3.8) is 0 Å². The second kappa shape index (κ2) is 14.4. The van der Waals surface area contributed by atoms with Gasteiger partial charge in [-0.05, 0) is 30.5 Å². The van der Waals surface area contributed by atoms with Gasteiger partial charge in [-0.15, -0.1) is 12.6 Å². The van der Waals surface area contributed by atoms with Gasteiger partial charge in [0.05, 0.1) is 0 Å². The summed E-state index contributed by atoms with van der Waals surface area (Å²) in [5, 5.41) is 0. The molecular weight excluding hydrogens is 257 g/mol. The fraction of sp³-hybridized carbons (Fsp3) is 0.571. The van der Waals surface area contributed by atoms with Gasteiger partial charge in [0.25, 0.3) is 0 Å². The molecule has 0 spiro atoms. The summed E-state index contributed by atoms with van der Waals surface area (Å²) < 4.78 is 0. The SMILES string of the molecule is CCCCCCCCc1ccc(S)cc1.F.F.F. The summed E-state index contributed by atoms with van der Waals surface area (Å²) in [6.45, 7) is 2.26. The third-order valence-electron chi connectivity index (χ3n) is 2.76.